The van der Waals surface area contributed by atoms with Crippen LogP contribution in [-0.2, 0) is 0 Å². The first-order valence-electron chi connectivity index (χ1n) is 7.00. The molecule has 0 bridgehead atoms. The first-order chi connectivity index (χ1) is 10.2. The van der Waals surface area contributed by atoms with E-state index in [2.05, 4.69) is 5.10 Å². The molecule has 0 spiro atoms. The van der Waals surface area contributed by atoms with Gasteiger partial charge in [0.05, 0.1) is 23.0 Å². The lowest BCUT2D eigenvalue weighted by molar-refractivity contribution is 0.1000. The quantitative estimate of drug-likeness (QED) is 0.782. The Morgan fingerprint density at radius 3 is 2.57 bits per heavy atom. The van der Waals surface area contributed by atoms with Crippen molar-refractivity contribution in [1.29, 1.82) is 0 Å². The van der Waals surface area contributed by atoms with E-state index < -0.39 is 5.91 Å². The average Bonchev–Trinajstić information content (AvgIpc) is 2.92. The Kier molecular flexibility index (Phi) is 4.38. The molecule has 3 aromatic rings. The minimum Gasteiger partial charge on any atom is -0.366 e. The van der Waals surface area contributed by atoms with Crippen LogP contribution in [0.25, 0.3) is 16.6 Å². The SMILES string of the molecule is CC.Cc1ccc2cnn(-c3ccccc3C(N)=O)c2c1. The van der Waals surface area contributed by atoms with Crippen LogP contribution in [0.4, 0.5) is 0 Å². The Balaban J connectivity index is 0.000000774. The summed E-state index contributed by atoms with van der Waals surface area (Å²) < 4.78 is 1.75. The zero-order valence-electron chi connectivity index (χ0n) is 12.5. The number of carbonyl (C=O) groups excluding carboxylic acids is 1. The predicted octanol–water partition coefficient (Wildman–Crippen LogP) is 3.46. The molecule has 0 fully saturated rings. The van der Waals surface area contributed by atoms with Crippen molar-refractivity contribution in [2.45, 2.75) is 20.8 Å². The number of nitrogens with two attached hydrogens (primary N) is 1. The van der Waals surface area contributed by atoms with Gasteiger partial charge >= 0.3 is 0 Å². The molecule has 108 valence electrons. The van der Waals surface area contributed by atoms with Crippen LogP contribution in [0.5, 0.6) is 0 Å². The zero-order valence-corrected chi connectivity index (χ0v) is 12.5. The molecule has 4 heteroatoms. The van der Waals surface area contributed by atoms with Crippen LogP contribution >= 0.6 is 0 Å². The highest BCUT2D eigenvalue weighted by Crippen LogP contribution is 2.21. The van der Waals surface area contributed by atoms with E-state index in [9.17, 15) is 4.79 Å². The number of aryl methyl sites for hydroxylation is 1. The molecule has 1 heterocycles. The largest absolute Gasteiger partial charge is 0.366 e. The number of primary amides is 1. The molecular weight excluding hydrogens is 262 g/mol. The van der Waals surface area contributed by atoms with Gasteiger partial charge in [-0.1, -0.05) is 38.1 Å². The summed E-state index contributed by atoms with van der Waals surface area (Å²) in [7, 11) is 0. The molecule has 1 aromatic heterocycles. The topological polar surface area (TPSA) is 60.9 Å². The molecule has 1 amide bonds. The fraction of sp³-hybridized carbons (Fsp3) is 0.176. The molecule has 3 rings (SSSR count). The standard InChI is InChI=1S/C15H13N3O.C2H6/c1-10-6-7-11-9-17-18(14(11)8-10)13-5-3-2-4-12(13)15(16)19;1-2/h2-9H,1H3,(H2,16,19);1-2H3. The van der Waals surface area contributed by atoms with E-state index in [0.29, 0.717) is 11.3 Å². The predicted molar refractivity (Wildman–Crippen MR) is 85.7 cm³/mol. The highest BCUT2D eigenvalue weighted by Gasteiger charge is 2.12. The van der Waals surface area contributed by atoms with E-state index in [-0.39, 0.29) is 0 Å². The van der Waals surface area contributed by atoms with Crippen LogP contribution in [0, 0.1) is 6.92 Å². The van der Waals surface area contributed by atoms with E-state index in [0.717, 1.165) is 16.5 Å². The number of rotatable bonds is 2. The van der Waals surface area contributed by atoms with Gasteiger partial charge in [-0.3, -0.25) is 4.79 Å². The Bertz CT molecular complexity index is 775. The molecular formula is C17H19N3O. The van der Waals surface area contributed by atoms with Gasteiger partial charge in [0.1, 0.15) is 0 Å². The van der Waals surface area contributed by atoms with E-state index in [4.69, 9.17) is 5.73 Å². The summed E-state index contributed by atoms with van der Waals surface area (Å²) in [6.07, 6.45) is 1.78. The zero-order chi connectivity index (χ0) is 15.4. The van der Waals surface area contributed by atoms with Crippen molar-refractivity contribution in [1.82, 2.24) is 9.78 Å². The van der Waals surface area contributed by atoms with E-state index in [1.165, 1.54) is 0 Å². The molecule has 21 heavy (non-hydrogen) atoms. The first kappa shape index (κ1) is 14.8. The fourth-order valence-corrected chi connectivity index (χ4v) is 2.19. The molecule has 4 nitrogen and oxygen atoms in total. The second kappa shape index (κ2) is 6.22. The van der Waals surface area contributed by atoms with Crippen molar-refractivity contribution >= 4 is 16.8 Å². The van der Waals surface area contributed by atoms with Crippen LogP contribution in [0.3, 0.4) is 0 Å². The molecule has 0 radical (unpaired) electrons. The van der Waals surface area contributed by atoms with Gasteiger partial charge in [0.15, 0.2) is 0 Å². The van der Waals surface area contributed by atoms with Crippen molar-refractivity contribution in [3.63, 3.8) is 0 Å². The molecule has 0 unspecified atom stereocenters. The van der Waals surface area contributed by atoms with Crippen molar-refractivity contribution in [2.24, 2.45) is 5.73 Å². The summed E-state index contributed by atoms with van der Waals surface area (Å²) in [6, 6.07) is 13.3. The van der Waals surface area contributed by atoms with Gasteiger partial charge in [-0.15, -0.1) is 0 Å². The molecule has 0 aliphatic heterocycles. The summed E-state index contributed by atoms with van der Waals surface area (Å²) in [5.41, 5.74) is 8.70. The lowest BCUT2D eigenvalue weighted by Gasteiger charge is -2.08. The van der Waals surface area contributed by atoms with Gasteiger partial charge in [-0.25, -0.2) is 4.68 Å². The summed E-state index contributed by atoms with van der Waals surface area (Å²) in [4.78, 5) is 11.5. The normalized spacial score (nSPS) is 10.0. The average molecular weight is 281 g/mol. The minimum atomic E-state index is -0.452. The maximum atomic E-state index is 11.5. The minimum absolute atomic E-state index is 0.452. The third-order valence-corrected chi connectivity index (χ3v) is 3.12. The molecule has 0 saturated carbocycles. The van der Waals surface area contributed by atoms with Crippen LogP contribution in [0.2, 0.25) is 0 Å². The maximum Gasteiger partial charge on any atom is 0.250 e. The molecule has 2 N–H and O–H groups in total. The highest BCUT2D eigenvalue weighted by molar-refractivity contribution is 5.97. The highest BCUT2D eigenvalue weighted by atomic mass is 16.1. The fourth-order valence-electron chi connectivity index (χ4n) is 2.19. The Morgan fingerprint density at radius 1 is 1.14 bits per heavy atom. The Morgan fingerprint density at radius 2 is 1.86 bits per heavy atom. The third kappa shape index (κ3) is 2.79. The smallest absolute Gasteiger partial charge is 0.250 e. The number of aromatic nitrogens is 2. The van der Waals surface area contributed by atoms with Gasteiger partial charge in [0, 0.05) is 5.39 Å². The van der Waals surface area contributed by atoms with E-state index in [1.807, 2.05) is 51.1 Å². The summed E-state index contributed by atoms with van der Waals surface area (Å²) in [6.45, 7) is 6.02. The molecule has 0 aliphatic carbocycles. The van der Waals surface area contributed by atoms with Crippen LogP contribution in [-0.4, -0.2) is 15.7 Å². The lowest BCUT2D eigenvalue weighted by Crippen LogP contribution is -2.14. The molecule has 0 saturated heterocycles. The van der Waals surface area contributed by atoms with Crippen LogP contribution in [0.15, 0.2) is 48.7 Å². The first-order valence-corrected chi connectivity index (χ1v) is 7.00. The van der Waals surface area contributed by atoms with E-state index >= 15 is 0 Å². The number of hydrogen-bond acceptors (Lipinski definition) is 2. The summed E-state index contributed by atoms with van der Waals surface area (Å²) >= 11 is 0. The number of nitrogens with zero attached hydrogens (tertiary/aromatic N) is 2. The number of amides is 1. The van der Waals surface area contributed by atoms with Gasteiger partial charge in [-0.05, 0) is 30.7 Å². The van der Waals surface area contributed by atoms with Crippen molar-refractivity contribution in [3.05, 3.63) is 59.8 Å². The monoisotopic (exact) mass is 281 g/mol. The second-order valence-electron chi connectivity index (χ2n) is 4.50. The molecule has 0 atom stereocenters. The van der Waals surface area contributed by atoms with Gasteiger partial charge in [-0.2, -0.15) is 5.10 Å². The van der Waals surface area contributed by atoms with Crippen molar-refractivity contribution in [3.8, 4) is 5.69 Å². The van der Waals surface area contributed by atoms with Crippen molar-refractivity contribution in [2.75, 3.05) is 0 Å². The van der Waals surface area contributed by atoms with Crippen LogP contribution < -0.4 is 5.73 Å². The summed E-state index contributed by atoms with van der Waals surface area (Å²) in [5.74, 6) is -0.452. The number of benzene rings is 2. The number of carbonyl (C=O) groups is 1. The Labute approximate surface area is 124 Å². The molecule has 2 aromatic carbocycles. The van der Waals surface area contributed by atoms with Gasteiger partial charge < -0.3 is 5.73 Å². The molecule has 0 aliphatic rings. The lowest BCUT2D eigenvalue weighted by atomic mass is 10.1. The maximum absolute atomic E-state index is 11.5. The number of para-hydroxylation sites is 1. The van der Waals surface area contributed by atoms with Crippen LogP contribution in [0.1, 0.15) is 29.8 Å². The van der Waals surface area contributed by atoms with Gasteiger partial charge in [0.2, 0.25) is 0 Å². The summed E-state index contributed by atoms with van der Waals surface area (Å²) in [5, 5.41) is 5.39. The van der Waals surface area contributed by atoms with Crippen molar-refractivity contribution < 1.29 is 4.79 Å². The van der Waals surface area contributed by atoms with Gasteiger partial charge in [0.25, 0.3) is 5.91 Å². The van der Waals surface area contributed by atoms with E-state index in [1.54, 1.807) is 23.0 Å². The third-order valence-electron chi connectivity index (χ3n) is 3.12. The Hall–Kier alpha value is -2.62. The number of fused-ring (bicyclic) bond motifs is 1. The second-order valence-corrected chi connectivity index (χ2v) is 4.50. The number of hydrogen-bond donors (Lipinski definition) is 1.